The average Bonchev–Trinajstić information content (AvgIpc) is 3.11. The van der Waals surface area contributed by atoms with Crippen molar-refractivity contribution in [2.75, 3.05) is 5.32 Å². The van der Waals surface area contributed by atoms with E-state index in [1.807, 2.05) is 0 Å². The zero-order valence-corrected chi connectivity index (χ0v) is 12.6. The van der Waals surface area contributed by atoms with Crippen molar-refractivity contribution in [3.63, 3.8) is 0 Å². The van der Waals surface area contributed by atoms with Crippen molar-refractivity contribution >= 4 is 34.5 Å². The van der Waals surface area contributed by atoms with Crippen LogP contribution in [0.3, 0.4) is 0 Å². The van der Waals surface area contributed by atoms with E-state index in [1.165, 1.54) is 34.1 Å². The molecule has 0 unspecified atom stereocenters. The Balaban J connectivity index is 1.88. The molecule has 1 amide bonds. The Hall–Kier alpha value is -2.51. The molecule has 0 aliphatic rings. The zero-order chi connectivity index (χ0) is 15.7. The number of carbonyl (C=O) groups excluding carboxylic acids is 1. The van der Waals surface area contributed by atoms with Gasteiger partial charge in [0.05, 0.1) is 10.7 Å². The molecular formula is C14H10ClN3O3S. The molecule has 0 fully saturated rings. The molecule has 0 atom stereocenters. The van der Waals surface area contributed by atoms with Crippen molar-refractivity contribution in [1.29, 1.82) is 0 Å². The SMILES string of the molecule is O=C(Nc1ccc(-n2c(O)ccc2O)c(Cl)c1)c1nccs1. The average molecular weight is 336 g/mol. The van der Waals surface area contributed by atoms with Gasteiger partial charge in [0, 0.05) is 29.4 Å². The maximum Gasteiger partial charge on any atom is 0.284 e. The molecule has 0 aliphatic carbocycles. The molecule has 8 heteroatoms. The van der Waals surface area contributed by atoms with E-state index in [2.05, 4.69) is 10.3 Å². The third-order valence-corrected chi connectivity index (χ3v) is 3.99. The molecule has 0 radical (unpaired) electrons. The van der Waals surface area contributed by atoms with Crippen molar-refractivity contribution in [2.45, 2.75) is 0 Å². The minimum atomic E-state index is -0.328. The van der Waals surface area contributed by atoms with Crippen LogP contribution >= 0.6 is 22.9 Å². The summed E-state index contributed by atoms with van der Waals surface area (Å²) in [5.41, 5.74) is 0.883. The molecule has 0 spiro atoms. The van der Waals surface area contributed by atoms with Crippen LogP contribution in [0.1, 0.15) is 9.80 Å². The van der Waals surface area contributed by atoms with Gasteiger partial charge >= 0.3 is 0 Å². The predicted molar refractivity (Wildman–Crippen MR) is 84.2 cm³/mol. The first-order valence-electron chi connectivity index (χ1n) is 6.16. The number of hydrogen-bond acceptors (Lipinski definition) is 5. The second-order valence-electron chi connectivity index (χ2n) is 4.34. The number of benzene rings is 1. The highest BCUT2D eigenvalue weighted by molar-refractivity contribution is 7.11. The van der Waals surface area contributed by atoms with Crippen LogP contribution < -0.4 is 5.32 Å². The summed E-state index contributed by atoms with van der Waals surface area (Å²) < 4.78 is 1.19. The van der Waals surface area contributed by atoms with Gasteiger partial charge in [-0.1, -0.05) is 11.6 Å². The molecule has 2 aromatic heterocycles. The first-order valence-corrected chi connectivity index (χ1v) is 7.42. The molecule has 2 heterocycles. The summed E-state index contributed by atoms with van der Waals surface area (Å²) in [5.74, 6) is -0.608. The Morgan fingerprint density at radius 1 is 1.23 bits per heavy atom. The number of aromatic hydroxyl groups is 2. The van der Waals surface area contributed by atoms with Crippen LogP contribution in [0.4, 0.5) is 5.69 Å². The molecule has 3 aromatic rings. The monoisotopic (exact) mass is 335 g/mol. The summed E-state index contributed by atoms with van der Waals surface area (Å²) in [7, 11) is 0. The number of carbonyl (C=O) groups is 1. The maximum atomic E-state index is 11.9. The number of halogens is 1. The Morgan fingerprint density at radius 2 is 1.95 bits per heavy atom. The number of rotatable bonds is 3. The number of hydrogen-bond donors (Lipinski definition) is 3. The van der Waals surface area contributed by atoms with E-state index in [9.17, 15) is 15.0 Å². The fraction of sp³-hybridized carbons (Fsp3) is 0. The zero-order valence-electron chi connectivity index (χ0n) is 11.0. The molecule has 0 aliphatic heterocycles. The summed E-state index contributed by atoms with van der Waals surface area (Å²) in [5, 5.41) is 24.4. The number of aromatic nitrogens is 2. The first kappa shape index (κ1) is 14.4. The maximum absolute atomic E-state index is 11.9. The first-order chi connectivity index (χ1) is 10.6. The molecular weight excluding hydrogens is 326 g/mol. The minimum absolute atomic E-state index is 0.140. The third kappa shape index (κ3) is 2.63. The van der Waals surface area contributed by atoms with E-state index < -0.39 is 0 Å². The molecule has 6 nitrogen and oxygen atoms in total. The van der Waals surface area contributed by atoms with E-state index in [0.717, 1.165) is 0 Å². The van der Waals surface area contributed by atoms with E-state index in [4.69, 9.17) is 11.6 Å². The van der Waals surface area contributed by atoms with Gasteiger partial charge in [0.1, 0.15) is 0 Å². The van der Waals surface area contributed by atoms with Crippen LogP contribution in [0.15, 0.2) is 41.9 Å². The van der Waals surface area contributed by atoms with Crippen LogP contribution in [-0.2, 0) is 0 Å². The molecule has 112 valence electrons. The Bertz CT molecular complexity index is 810. The number of thiazole rings is 1. The smallest absolute Gasteiger partial charge is 0.284 e. The molecule has 3 rings (SSSR count). The van der Waals surface area contributed by atoms with Crippen molar-refractivity contribution < 1.29 is 15.0 Å². The van der Waals surface area contributed by atoms with E-state index >= 15 is 0 Å². The fourth-order valence-electron chi connectivity index (χ4n) is 1.95. The van der Waals surface area contributed by atoms with Gasteiger partial charge in [0.2, 0.25) is 0 Å². The molecule has 22 heavy (non-hydrogen) atoms. The van der Waals surface area contributed by atoms with Crippen molar-refractivity contribution in [3.05, 3.63) is 51.9 Å². The lowest BCUT2D eigenvalue weighted by Gasteiger charge is -2.11. The molecule has 0 saturated heterocycles. The quantitative estimate of drug-likeness (QED) is 0.685. The van der Waals surface area contributed by atoms with E-state index in [-0.39, 0.29) is 22.7 Å². The van der Waals surface area contributed by atoms with Gasteiger partial charge in [-0.15, -0.1) is 11.3 Å². The molecule has 0 bridgehead atoms. The summed E-state index contributed by atoms with van der Waals surface area (Å²) in [6, 6.07) is 7.43. The van der Waals surface area contributed by atoms with Gasteiger partial charge in [0.25, 0.3) is 5.91 Å². The topological polar surface area (TPSA) is 87.4 Å². The normalized spacial score (nSPS) is 10.6. The number of nitrogens with zero attached hydrogens (tertiary/aromatic N) is 2. The molecule has 1 aromatic carbocycles. The van der Waals surface area contributed by atoms with Gasteiger partial charge in [-0.05, 0) is 18.2 Å². The van der Waals surface area contributed by atoms with Crippen LogP contribution in [-0.4, -0.2) is 25.7 Å². The van der Waals surface area contributed by atoms with Gasteiger partial charge in [-0.3, -0.25) is 9.36 Å². The molecule has 3 N–H and O–H groups in total. The Kier molecular flexibility index (Phi) is 3.74. The molecule has 0 saturated carbocycles. The summed E-state index contributed by atoms with van der Waals surface area (Å²) >= 11 is 7.40. The fourth-order valence-corrected chi connectivity index (χ4v) is 2.74. The van der Waals surface area contributed by atoms with E-state index in [1.54, 1.807) is 23.7 Å². The summed E-state index contributed by atoms with van der Waals surface area (Å²) in [6.45, 7) is 0. The van der Waals surface area contributed by atoms with Gasteiger partial charge < -0.3 is 15.5 Å². The lowest BCUT2D eigenvalue weighted by Crippen LogP contribution is -2.11. The van der Waals surface area contributed by atoms with Crippen LogP contribution in [0.25, 0.3) is 5.69 Å². The summed E-state index contributed by atoms with van der Waals surface area (Å²) in [4.78, 5) is 15.8. The van der Waals surface area contributed by atoms with Crippen molar-refractivity contribution in [3.8, 4) is 17.4 Å². The van der Waals surface area contributed by atoms with Crippen LogP contribution in [0.2, 0.25) is 5.02 Å². The van der Waals surface area contributed by atoms with E-state index in [0.29, 0.717) is 16.4 Å². The Labute approximate surface area is 134 Å². The minimum Gasteiger partial charge on any atom is -0.494 e. The summed E-state index contributed by atoms with van der Waals surface area (Å²) in [6.07, 6.45) is 1.55. The number of anilines is 1. The van der Waals surface area contributed by atoms with Gasteiger partial charge in [0.15, 0.2) is 16.8 Å². The largest absolute Gasteiger partial charge is 0.494 e. The van der Waals surface area contributed by atoms with Crippen molar-refractivity contribution in [1.82, 2.24) is 9.55 Å². The highest BCUT2D eigenvalue weighted by Crippen LogP contribution is 2.32. The predicted octanol–water partition coefficient (Wildman–Crippen LogP) is 3.25. The highest BCUT2D eigenvalue weighted by atomic mass is 35.5. The second kappa shape index (κ2) is 5.70. The van der Waals surface area contributed by atoms with Gasteiger partial charge in [-0.2, -0.15) is 0 Å². The third-order valence-electron chi connectivity index (χ3n) is 2.91. The Morgan fingerprint density at radius 3 is 2.55 bits per heavy atom. The number of amides is 1. The lowest BCUT2D eigenvalue weighted by molar-refractivity contribution is 0.102. The van der Waals surface area contributed by atoms with Crippen molar-refractivity contribution in [2.24, 2.45) is 0 Å². The van der Waals surface area contributed by atoms with Gasteiger partial charge in [-0.25, -0.2) is 4.98 Å². The van der Waals surface area contributed by atoms with Crippen LogP contribution in [0.5, 0.6) is 11.8 Å². The number of nitrogens with one attached hydrogen (secondary N) is 1. The highest BCUT2D eigenvalue weighted by Gasteiger charge is 2.14. The standard InChI is InChI=1S/C14H10ClN3O3S/c15-9-7-8(17-13(21)14-16-5-6-22-14)1-2-10(9)18-11(19)3-4-12(18)20/h1-7,19-20H,(H,17,21). The van der Waals surface area contributed by atoms with Crippen LogP contribution in [0, 0.1) is 0 Å². The lowest BCUT2D eigenvalue weighted by atomic mass is 10.2. The second-order valence-corrected chi connectivity index (χ2v) is 5.64.